The van der Waals surface area contributed by atoms with Crippen LogP contribution in [0.15, 0.2) is 0 Å². The predicted octanol–water partition coefficient (Wildman–Crippen LogP) is 7.12. The topological polar surface area (TPSA) is 71.1 Å². The summed E-state index contributed by atoms with van der Waals surface area (Å²) in [6.07, 6.45) is 19.3. The van der Waals surface area contributed by atoms with Crippen molar-refractivity contribution in [2.45, 2.75) is 136 Å². The SMILES string of the molecule is CCCCCCCCCCC(=O)OCC(COC(=O)CCCCCCCCCC)OCOC. The second kappa shape index (κ2) is 25.5. The van der Waals surface area contributed by atoms with E-state index in [1.165, 1.54) is 84.2 Å². The first-order chi connectivity index (χ1) is 16.1. The first kappa shape index (κ1) is 31.9. The van der Waals surface area contributed by atoms with Gasteiger partial charge in [0, 0.05) is 20.0 Å². The smallest absolute Gasteiger partial charge is 0.305 e. The Labute approximate surface area is 203 Å². The molecule has 0 saturated carbocycles. The Hall–Kier alpha value is -1.14. The van der Waals surface area contributed by atoms with E-state index in [0.29, 0.717) is 12.8 Å². The molecule has 33 heavy (non-hydrogen) atoms. The van der Waals surface area contributed by atoms with Crippen LogP contribution in [0.3, 0.4) is 0 Å². The average molecular weight is 473 g/mol. The van der Waals surface area contributed by atoms with E-state index in [4.69, 9.17) is 18.9 Å². The summed E-state index contributed by atoms with van der Waals surface area (Å²) in [6.45, 7) is 4.65. The zero-order valence-corrected chi connectivity index (χ0v) is 21.9. The molecule has 0 aromatic heterocycles. The minimum Gasteiger partial charge on any atom is -0.463 e. The molecular formula is C27H52O6. The lowest BCUT2D eigenvalue weighted by Crippen LogP contribution is -2.29. The van der Waals surface area contributed by atoms with Gasteiger partial charge in [0.25, 0.3) is 0 Å². The average Bonchev–Trinajstić information content (AvgIpc) is 2.82. The number of carbonyl (C=O) groups excluding carboxylic acids is 2. The van der Waals surface area contributed by atoms with Gasteiger partial charge >= 0.3 is 11.9 Å². The molecule has 0 heterocycles. The molecule has 0 aromatic carbocycles. The first-order valence-electron chi connectivity index (χ1n) is 13.6. The highest BCUT2D eigenvalue weighted by Crippen LogP contribution is 2.11. The second-order valence-electron chi connectivity index (χ2n) is 9.01. The van der Waals surface area contributed by atoms with Gasteiger partial charge < -0.3 is 18.9 Å². The van der Waals surface area contributed by atoms with Crippen molar-refractivity contribution in [2.75, 3.05) is 27.1 Å². The highest BCUT2D eigenvalue weighted by Gasteiger charge is 2.15. The molecule has 0 spiro atoms. The maximum Gasteiger partial charge on any atom is 0.305 e. The third kappa shape index (κ3) is 23.8. The normalized spacial score (nSPS) is 11.2. The van der Waals surface area contributed by atoms with Crippen molar-refractivity contribution in [3.8, 4) is 0 Å². The molecule has 0 N–H and O–H groups in total. The Balaban J connectivity index is 3.85. The molecule has 6 heteroatoms. The van der Waals surface area contributed by atoms with Gasteiger partial charge in [-0.15, -0.1) is 0 Å². The van der Waals surface area contributed by atoms with Crippen molar-refractivity contribution in [3.63, 3.8) is 0 Å². The summed E-state index contributed by atoms with van der Waals surface area (Å²) in [7, 11) is 1.53. The molecule has 0 saturated heterocycles. The lowest BCUT2D eigenvalue weighted by Gasteiger charge is -2.17. The van der Waals surface area contributed by atoms with Crippen LogP contribution in [-0.4, -0.2) is 45.2 Å². The standard InChI is InChI=1S/C27H52O6/c1-4-6-8-10-12-14-16-18-20-26(28)31-22-25(33-24-30-3)23-32-27(29)21-19-17-15-13-11-9-7-5-2/h25H,4-24H2,1-3H3. The van der Waals surface area contributed by atoms with Gasteiger partial charge in [0.2, 0.25) is 0 Å². The number of methoxy groups -OCH3 is 1. The van der Waals surface area contributed by atoms with Crippen LogP contribution in [0.25, 0.3) is 0 Å². The second-order valence-corrected chi connectivity index (χ2v) is 9.01. The highest BCUT2D eigenvalue weighted by atomic mass is 16.7. The monoisotopic (exact) mass is 472 g/mol. The molecule has 0 aliphatic carbocycles. The summed E-state index contributed by atoms with van der Waals surface area (Å²) in [6, 6.07) is 0. The van der Waals surface area contributed by atoms with Gasteiger partial charge in [-0.3, -0.25) is 9.59 Å². The quantitative estimate of drug-likeness (QED) is 0.0800. The van der Waals surface area contributed by atoms with Crippen molar-refractivity contribution in [1.82, 2.24) is 0 Å². The van der Waals surface area contributed by atoms with Crippen LogP contribution in [0.4, 0.5) is 0 Å². The molecular weight excluding hydrogens is 420 g/mol. The molecule has 0 aromatic rings. The van der Waals surface area contributed by atoms with Crippen LogP contribution in [0.5, 0.6) is 0 Å². The van der Waals surface area contributed by atoms with Crippen LogP contribution in [0, 0.1) is 0 Å². The van der Waals surface area contributed by atoms with E-state index >= 15 is 0 Å². The van der Waals surface area contributed by atoms with Gasteiger partial charge in [-0.05, 0) is 12.8 Å². The van der Waals surface area contributed by atoms with Crippen LogP contribution < -0.4 is 0 Å². The Morgan fingerprint density at radius 1 is 0.576 bits per heavy atom. The minimum atomic E-state index is -0.505. The molecule has 0 radical (unpaired) electrons. The molecule has 196 valence electrons. The number of unbranched alkanes of at least 4 members (excludes halogenated alkanes) is 14. The van der Waals surface area contributed by atoms with Crippen molar-refractivity contribution in [2.24, 2.45) is 0 Å². The van der Waals surface area contributed by atoms with E-state index < -0.39 is 6.10 Å². The molecule has 0 aliphatic rings. The summed E-state index contributed by atoms with van der Waals surface area (Å²) in [5.41, 5.74) is 0. The molecule has 0 rings (SSSR count). The maximum atomic E-state index is 12.0. The fourth-order valence-electron chi connectivity index (χ4n) is 3.63. The molecule has 0 atom stereocenters. The maximum absolute atomic E-state index is 12.0. The summed E-state index contributed by atoms with van der Waals surface area (Å²) in [5.74, 6) is -0.450. The van der Waals surface area contributed by atoms with Crippen molar-refractivity contribution < 1.29 is 28.5 Å². The Kier molecular flexibility index (Phi) is 24.6. The number of esters is 2. The van der Waals surface area contributed by atoms with Gasteiger partial charge in [-0.25, -0.2) is 0 Å². The molecule has 0 bridgehead atoms. The summed E-state index contributed by atoms with van der Waals surface area (Å²) in [4.78, 5) is 24.0. The Bertz CT molecular complexity index is 404. The van der Waals surface area contributed by atoms with Crippen LogP contribution in [-0.2, 0) is 28.5 Å². The Morgan fingerprint density at radius 3 is 1.30 bits per heavy atom. The van der Waals surface area contributed by atoms with E-state index in [9.17, 15) is 9.59 Å². The van der Waals surface area contributed by atoms with E-state index in [2.05, 4.69) is 13.8 Å². The fourth-order valence-corrected chi connectivity index (χ4v) is 3.63. The van der Waals surface area contributed by atoms with Crippen molar-refractivity contribution in [3.05, 3.63) is 0 Å². The van der Waals surface area contributed by atoms with Crippen molar-refractivity contribution >= 4 is 11.9 Å². The molecule has 6 nitrogen and oxygen atoms in total. The summed E-state index contributed by atoms with van der Waals surface area (Å²) >= 11 is 0. The Morgan fingerprint density at radius 2 is 0.939 bits per heavy atom. The minimum absolute atomic E-state index is 0.0653. The summed E-state index contributed by atoms with van der Waals surface area (Å²) < 4.78 is 21.1. The number of hydrogen-bond donors (Lipinski definition) is 0. The zero-order valence-electron chi connectivity index (χ0n) is 21.9. The highest BCUT2D eigenvalue weighted by molar-refractivity contribution is 5.69. The number of hydrogen-bond acceptors (Lipinski definition) is 6. The number of ether oxygens (including phenoxy) is 4. The fraction of sp³-hybridized carbons (Fsp3) is 0.926. The van der Waals surface area contributed by atoms with E-state index in [0.717, 1.165) is 25.7 Å². The van der Waals surface area contributed by atoms with E-state index in [1.807, 2.05) is 0 Å². The summed E-state index contributed by atoms with van der Waals surface area (Å²) in [5, 5.41) is 0. The molecule has 0 aliphatic heterocycles. The lowest BCUT2D eigenvalue weighted by molar-refractivity contribution is -0.162. The third-order valence-electron chi connectivity index (χ3n) is 5.75. The van der Waals surface area contributed by atoms with Crippen LogP contribution >= 0.6 is 0 Å². The predicted molar refractivity (Wildman–Crippen MR) is 133 cm³/mol. The van der Waals surface area contributed by atoms with Gasteiger partial charge in [0.05, 0.1) is 0 Å². The first-order valence-corrected chi connectivity index (χ1v) is 13.6. The number of rotatable bonds is 25. The zero-order chi connectivity index (χ0) is 24.4. The van der Waals surface area contributed by atoms with E-state index in [-0.39, 0.29) is 31.9 Å². The van der Waals surface area contributed by atoms with Gasteiger partial charge in [0.1, 0.15) is 26.1 Å². The van der Waals surface area contributed by atoms with Gasteiger partial charge in [0.15, 0.2) is 0 Å². The number of carbonyl (C=O) groups is 2. The third-order valence-corrected chi connectivity index (χ3v) is 5.75. The lowest BCUT2D eigenvalue weighted by atomic mass is 10.1. The largest absolute Gasteiger partial charge is 0.463 e. The van der Waals surface area contributed by atoms with Gasteiger partial charge in [-0.2, -0.15) is 0 Å². The van der Waals surface area contributed by atoms with Crippen molar-refractivity contribution in [1.29, 1.82) is 0 Å². The van der Waals surface area contributed by atoms with Crippen LogP contribution in [0.2, 0.25) is 0 Å². The van der Waals surface area contributed by atoms with E-state index in [1.54, 1.807) is 0 Å². The molecule has 0 fully saturated rings. The molecule has 0 amide bonds. The van der Waals surface area contributed by atoms with Gasteiger partial charge in [-0.1, -0.05) is 104 Å². The molecule has 0 unspecified atom stereocenters. The van der Waals surface area contributed by atoms with Crippen LogP contribution in [0.1, 0.15) is 129 Å².